The van der Waals surface area contributed by atoms with Crippen LogP contribution >= 0.6 is 0 Å². The second-order valence-electron chi connectivity index (χ2n) is 5.18. The molecule has 2 N–H and O–H groups in total. The number of hydrogen-bond donors (Lipinski definition) is 2. The lowest BCUT2D eigenvalue weighted by molar-refractivity contribution is 0.507. The van der Waals surface area contributed by atoms with Crippen LogP contribution in [0.25, 0.3) is 0 Å². The Morgan fingerprint density at radius 1 is 1.00 bits per heavy atom. The summed E-state index contributed by atoms with van der Waals surface area (Å²) in [5.74, 6) is 1.82. The van der Waals surface area contributed by atoms with Crippen LogP contribution in [0, 0.1) is 0 Å². The maximum absolute atomic E-state index is 5.31. The van der Waals surface area contributed by atoms with Crippen LogP contribution in [0.2, 0.25) is 0 Å². The molecule has 0 unspecified atom stereocenters. The van der Waals surface area contributed by atoms with Crippen LogP contribution < -0.4 is 10.6 Å². The first-order valence-electron chi connectivity index (χ1n) is 7.86. The van der Waals surface area contributed by atoms with Crippen molar-refractivity contribution in [2.75, 3.05) is 20.1 Å². The summed E-state index contributed by atoms with van der Waals surface area (Å²) in [6.45, 7) is 3.85. The van der Waals surface area contributed by atoms with E-state index < -0.39 is 0 Å². The Hall–Kier alpha value is -2.23. The summed E-state index contributed by atoms with van der Waals surface area (Å²) in [7, 11) is 1.79. The molecule has 0 atom stereocenters. The third-order valence-corrected chi connectivity index (χ3v) is 3.60. The predicted octanol–water partition coefficient (Wildman–Crippen LogP) is 2.79. The standard InChI is InChI=1S/C18H25N3O/c1-3-15-6-8-16(9-7-15)10-12-20-18(19-2)21-13-11-17-5-4-14-22-17/h4-9,14H,3,10-13H2,1-2H3,(H2,19,20,21). The van der Waals surface area contributed by atoms with E-state index in [4.69, 9.17) is 4.42 Å². The Morgan fingerprint density at radius 3 is 2.27 bits per heavy atom. The van der Waals surface area contributed by atoms with Crippen molar-refractivity contribution in [3.8, 4) is 0 Å². The highest BCUT2D eigenvalue weighted by molar-refractivity contribution is 5.79. The zero-order chi connectivity index (χ0) is 15.6. The minimum absolute atomic E-state index is 0.804. The number of aryl methyl sites for hydroxylation is 1. The van der Waals surface area contributed by atoms with Crippen LogP contribution in [0.1, 0.15) is 23.8 Å². The number of guanidine groups is 1. The van der Waals surface area contributed by atoms with Gasteiger partial charge >= 0.3 is 0 Å². The average molecular weight is 299 g/mol. The predicted molar refractivity (Wildman–Crippen MR) is 91.3 cm³/mol. The first-order chi connectivity index (χ1) is 10.8. The smallest absolute Gasteiger partial charge is 0.191 e. The fourth-order valence-electron chi connectivity index (χ4n) is 2.25. The topological polar surface area (TPSA) is 49.6 Å². The summed E-state index contributed by atoms with van der Waals surface area (Å²) in [5, 5.41) is 6.63. The van der Waals surface area contributed by atoms with Crippen LogP contribution in [-0.4, -0.2) is 26.1 Å². The third kappa shape index (κ3) is 5.28. The van der Waals surface area contributed by atoms with E-state index in [1.165, 1.54) is 11.1 Å². The number of nitrogens with zero attached hydrogens (tertiary/aromatic N) is 1. The van der Waals surface area contributed by atoms with Gasteiger partial charge in [-0.1, -0.05) is 31.2 Å². The summed E-state index contributed by atoms with van der Waals surface area (Å²) >= 11 is 0. The molecule has 4 nitrogen and oxygen atoms in total. The Morgan fingerprint density at radius 2 is 1.68 bits per heavy atom. The summed E-state index contributed by atoms with van der Waals surface area (Å²) in [6.07, 6.45) is 4.63. The van der Waals surface area contributed by atoms with Gasteiger partial charge < -0.3 is 15.1 Å². The van der Waals surface area contributed by atoms with Crippen molar-refractivity contribution < 1.29 is 4.42 Å². The van der Waals surface area contributed by atoms with Gasteiger partial charge in [-0.2, -0.15) is 0 Å². The summed E-state index contributed by atoms with van der Waals surface area (Å²) in [6, 6.07) is 12.7. The van der Waals surface area contributed by atoms with Gasteiger partial charge in [-0.05, 0) is 36.1 Å². The molecule has 0 spiro atoms. The fraction of sp³-hybridized carbons (Fsp3) is 0.389. The van der Waals surface area contributed by atoms with Gasteiger partial charge in [0.1, 0.15) is 5.76 Å². The number of furan rings is 1. The molecular weight excluding hydrogens is 274 g/mol. The first kappa shape index (κ1) is 16.1. The van der Waals surface area contributed by atoms with Crippen LogP contribution in [-0.2, 0) is 19.3 Å². The molecule has 0 saturated carbocycles. The highest BCUT2D eigenvalue weighted by atomic mass is 16.3. The minimum atomic E-state index is 0.804. The van der Waals surface area contributed by atoms with E-state index in [-0.39, 0.29) is 0 Å². The van der Waals surface area contributed by atoms with Gasteiger partial charge in [-0.3, -0.25) is 4.99 Å². The molecule has 0 radical (unpaired) electrons. The zero-order valence-electron chi connectivity index (χ0n) is 13.4. The van der Waals surface area contributed by atoms with Crippen molar-refractivity contribution in [2.45, 2.75) is 26.2 Å². The van der Waals surface area contributed by atoms with E-state index in [2.05, 4.69) is 46.8 Å². The summed E-state index contributed by atoms with van der Waals surface area (Å²) in [4.78, 5) is 4.23. The minimum Gasteiger partial charge on any atom is -0.469 e. The van der Waals surface area contributed by atoms with Crippen molar-refractivity contribution >= 4 is 5.96 Å². The van der Waals surface area contributed by atoms with Gasteiger partial charge in [-0.25, -0.2) is 0 Å². The Bertz CT molecular complexity index is 559. The normalized spacial score (nSPS) is 11.5. The van der Waals surface area contributed by atoms with Crippen LogP contribution in [0.3, 0.4) is 0 Å². The van der Waals surface area contributed by atoms with Crippen molar-refractivity contribution in [2.24, 2.45) is 4.99 Å². The molecule has 1 aromatic carbocycles. The lowest BCUT2D eigenvalue weighted by atomic mass is 10.1. The molecule has 0 fully saturated rings. The van der Waals surface area contributed by atoms with Gasteiger partial charge in [0, 0.05) is 26.6 Å². The maximum atomic E-state index is 5.31. The molecule has 0 aliphatic carbocycles. The zero-order valence-corrected chi connectivity index (χ0v) is 13.4. The van der Waals surface area contributed by atoms with Crippen molar-refractivity contribution in [3.05, 3.63) is 59.5 Å². The van der Waals surface area contributed by atoms with Crippen molar-refractivity contribution in [1.82, 2.24) is 10.6 Å². The first-order valence-corrected chi connectivity index (χ1v) is 7.86. The second-order valence-corrected chi connectivity index (χ2v) is 5.18. The average Bonchev–Trinajstić information content (AvgIpc) is 3.07. The van der Waals surface area contributed by atoms with Gasteiger partial charge in [0.15, 0.2) is 5.96 Å². The largest absolute Gasteiger partial charge is 0.469 e. The summed E-state index contributed by atoms with van der Waals surface area (Å²) < 4.78 is 5.31. The van der Waals surface area contributed by atoms with E-state index >= 15 is 0 Å². The van der Waals surface area contributed by atoms with Gasteiger partial charge in [0.25, 0.3) is 0 Å². The van der Waals surface area contributed by atoms with Crippen LogP contribution in [0.15, 0.2) is 52.1 Å². The molecule has 2 aromatic rings. The Balaban J connectivity index is 1.67. The molecule has 0 saturated heterocycles. The lowest BCUT2D eigenvalue weighted by Gasteiger charge is -2.11. The Kier molecular flexibility index (Phi) is 6.55. The molecule has 4 heteroatoms. The number of nitrogens with one attached hydrogen (secondary N) is 2. The summed E-state index contributed by atoms with van der Waals surface area (Å²) in [5.41, 5.74) is 2.72. The number of hydrogen-bond acceptors (Lipinski definition) is 2. The molecule has 22 heavy (non-hydrogen) atoms. The van der Waals surface area contributed by atoms with Gasteiger partial charge in [0.2, 0.25) is 0 Å². The van der Waals surface area contributed by atoms with E-state index in [1.807, 2.05) is 12.1 Å². The molecule has 0 aliphatic rings. The van der Waals surface area contributed by atoms with Crippen LogP contribution in [0.4, 0.5) is 0 Å². The lowest BCUT2D eigenvalue weighted by Crippen LogP contribution is -2.39. The third-order valence-electron chi connectivity index (χ3n) is 3.60. The molecular formula is C18H25N3O. The van der Waals surface area contributed by atoms with E-state index in [9.17, 15) is 0 Å². The molecule has 0 aliphatic heterocycles. The van der Waals surface area contributed by atoms with Gasteiger partial charge in [-0.15, -0.1) is 0 Å². The van der Waals surface area contributed by atoms with Crippen molar-refractivity contribution in [3.63, 3.8) is 0 Å². The monoisotopic (exact) mass is 299 g/mol. The number of benzene rings is 1. The fourth-order valence-corrected chi connectivity index (χ4v) is 2.25. The Labute approximate surface area is 132 Å². The quantitative estimate of drug-likeness (QED) is 0.610. The number of rotatable bonds is 7. The van der Waals surface area contributed by atoms with E-state index in [0.29, 0.717) is 0 Å². The van der Waals surface area contributed by atoms with Crippen molar-refractivity contribution in [1.29, 1.82) is 0 Å². The highest BCUT2D eigenvalue weighted by Gasteiger charge is 2.00. The highest BCUT2D eigenvalue weighted by Crippen LogP contribution is 2.05. The molecule has 0 amide bonds. The molecule has 1 heterocycles. The number of aliphatic imine (C=N–C) groups is 1. The SMILES string of the molecule is CCc1ccc(CCNC(=NC)NCCc2ccco2)cc1. The van der Waals surface area contributed by atoms with E-state index in [1.54, 1.807) is 13.3 Å². The van der Waals surface area contributed by atoms with Crippen LogP contribution in [0.5, 0.6) is 0 Å². The second kappa shape index (κ2) is 8.93. The molecule has 118 valence electrons. The molecule has 2 rings (SSSR count). The maximum Gasteiger partial charge on any atom is 0.191 e. The van der Waals surface area contributed by atoms with E-state index in [0.717, 1.165) is 44.1 Å². The molecule has 0 bridgehead atoms. The van der Waals surface area contributed by atoms with Gasteiger partial charge in [0.05, 0.1) is 6.26 Å². The molecule has 1 aromatic heterocycles.